The molecule has 1 heterocycles. The van der Waals surface area contributed by atoms with E-state index in [1.807, 2.05) is 60.8 Å². The third-order valence-corrected chi connectivity index (χ3v) is 6.40. The van der Waals surface area contributed by atoms with Crippen LogP contribution in [0, 0.1) is 0 Å². The van der Waals surface area contributed by atoms with Gasteiger partial charge in [0.15, 0.2) is 0 Å². The lowest BCUT2D eigenvalue weighted by Gasteiger charge is -2.15. The van der Waals surface area contributed by atoms with Gasteiger partial charge in [-0.3, -0.25) is 4.99 Å². The molecule has 6 heteroatoms. The Balaban J connectivity index is 1.69. The lowest BCUT2D eigenvalue weighted by Crippen LogP contribution is -2.05. The van der Waals surface area contributed by atoms with E-state index in [4.69, 9.17) is 14.5 Å². The number of ether oxygens (including phenoxy) is 2. The fourth-order valence-corrected chi connectivity index (χ4v) is 4.55. The van der Waals surface area contributed by atoms with Crippen LogP contribution in [0.1, 0.15) is 33.2 Å². The maximum absolute atomic E-state index is 12.3. The molecule has 0 saturated heterocycles. The van der Waals surface area contributed by atoms with Crippen molar-refractivity contribution in [3.8, 4) is 28.2 Å². The predicted molar refractivity (Wildman–Crippen MR) is 158 cm³/mol. The molecule has 1 aromatic heterocycles. The van der Waals surface area contributed by atoms with Gasteiger partial charge in [-0.2, -0.15) is 0 Å². The second kappa shape index (κ2) is 12.1. The Labute approximate surface area is 233 Å². The summed E-state index contributed by atoms with van der Waals surface area (Å²) < 4.78 is 12.2. The zero-order valence-corrected chi connectivity index (χ0v) is 22.3. The first-order valence-electron chi connectivity index (χ1n) is 13.0. The van der Waals surface area contributed by atoms with Crippen molar-refractivity contribution in [3.63, 3.8) is 0 Å². The van der Waals surface area contributed by atoms with E-state index in [2.05, 4.69) is 34.9 Å². The predicted octanol–water partition coefficient (Wildman–Crippen LogP) is 7.53. The van der Waals surface area contributed by atoms with Gasteiger partial charge in [0.05, 0.1) is 41.9 Å². The molecule has 0 amide bonds. The van der Waals surface area contributed by atoms with Crippen molar-refractivity contribution in [2.24, 2.45) is 4.99 Å². The third kappa shape index (κ3) is 5.61. The topological polar surface area (TPSA) is 69.9 Å². The number of hydrogen-bond donors (Lipinski definition) is 0. The molecule has 0 bridgehead atoms. The fraction of sp³-hybridized carbons (Fsp3) is 0.0882. The molecule has 0 unspecified atom stereocenters. The minimum absolute atomic E-state index is 0.319. The number of methoxy groups -OCH3 is 1. The zero-order chi connectivity index (χ0) is 27.9. The van der Waals surface area contributed by atoms with Crippen LogP contribution in [-0.4, -0.2) is 36.4 Å². The molecule has 4 aromatic carbocycles. The first-order chi connectivity index (χ1) is 19.6. The molecule has 5 aromatic rings. The molecule has 0 fully saturated rings. The highest BCUT2D eigenvalue weighted by Crippen LogP contribution is 2.36. The quantitative estimate of drug-likeness (QED) is 0.154. The van der Waals surface area contributed by atoms with E-state index >= 15 is 0 Å². The molecule has 0 N–H and O–H groups in total. The van der Waals surface area contributed by atoms with Crippen molar-refractivity contribution in [1.29, 1.82) is 0 Å². The molecule has 0 aliphatic rings. The molecule has 0 aliphatic carbocycles. The molecule has 6 nitrogen and oxygen atoms in total. The van der Waals surface area contributed by atoms with Gasteiger partial charge in [-0.15, -0.1) is 0 Å². The first-order valence-corrected chi connectivity index (χ1v) is 13.0. The molecule has 0 aliphatic heterocycles. The van der Waals surface area contributed by atoms with Gasteiger partial charge < -0.3 is 14.0 Å². The van der Waals surface area contributed by atoms with Crippen molar-refractivity contribution in [3.05, 3.63) is 132 Å². The highest BCUT2D eigenvalue weighted by Gasteiger charge is 2.19. The van der Waals surface area contributed by atoms with Crippen LogP contribution in [0.4, 0.5) is 5.69 Å². The van der Waals surface area contributed by atoms with Gasteiger partial charge >= 0.3 is 11.9 Å². The second-order valence-electron chi connectivity index (χ2n) is 8.97. The number of carbonyl (C=O) groups is 2. The highest BCUT2D eigenvalue weighted by molar-refractivity contribution is 5.96. The van der Waals surface area contributed by atoms with Gasteiger partial charge in [0.1, 0.15) is 0 Å². The molecular formula is C34H28N2O4. The van der Waals surface area contributed by atoms with Gasteiger partial charge in [0.2, 0.25) is 0 Å². The average molecular weight is 529 g/mol. The van der Waals surface area contributed by atoms with Crippen molar-refractivity contribution in [2.45, 2.75) is 6.92 Å². The first kappa shape index (κ1) is 26.4. The largest absolute Gasteiger partial charge is 0.465 e. The van der Waals surface area contributed by atoms with Crippen LogP contribution in [0.25, 0.3) is 28.2 Å². The Hall–Kier alpha value is -5.23. The van der Waals surface area contributed by atoms with E-state index < -0.39 is 5.97 Å². The van der Waals surface area contributed by atoms with Crippen molar-refractivity contribution in [1.82, 2.24) is 4.57 Å². The van der Waals surface area contributed by atoms with Crippen molar-refractivity contribution < 1.29 is 19.1 Å². The monoisotopic (exact) mass is 528 g/mol. The molecule has 40 heavy (non-hydrogen) atoms. The van der Waals surface area contributed by atoms with Crippen LogP contribution in [0.15, 0.2) is 120 Å². The fourth-order valence-electron chi connectivity index (χ4n) is 4.55. The van der Waals surface area contributed by atoms with E-state index in [0.717, 1.165) is 33.8 Å². The van der Waals surface area contributed by atoms with Gasteiger partial charge in [0, 0.05) is 17.5 Å². The molecule has 0 spiro atoms. The molecule has 0 radical (unpaired) electrons. The van der Waals surface area contributed by atoms with Crippen molar-refractivity contribution >= 4 is 23.8 Å². The SMILES string of the molecule is CCOC(=O)c1ccc(-n2c(-c3ccccc3)cc(C=Nc3cccc(C(=O)OC)c3)c2-c2ccccc2)cc1. The summed E-state index contributed by atoms with van der Waals surface area (Å²) in [7, 11) is 1.36. The number of benzene rings is 4. The Morgan fingerprint density at radius 2 is 1.43 bits per heavy atom. The summed E-state index contributed by atoms with van der Waals surface area (Å²) in [5.74, 6) is -0.763. The Morgan fingerprint density at radius 3 is 2.08 bits per heavy atom. The van der Waals surface area contributed by atoms with Gasteiger partial charge in [-0.1, -0.05) is 66.7 Å². The number of nitrogens with zero attached hydrogens (tertiary/aromatic N) is 2. The number of rotatable bonds is 8. The number of esters is 2. The summed E-state index contributed by atoms with van der Waals surface area (Å²) in [5, 5.41) is 0. The molecule has 0 atom stereocenters. The Bertz CT molecular complexity index is 1650. The average Bonchev–Trinajstić information content (AvgIpc) is 3.40. The molecule has 0 saturated carbocycles. The normalized spacial score (nSPS) is 10.9. The summed E-state index contributed by atoms with van der Waals surface area (Å²) in [4.78, 5) is 29.1. The van der Waals surface area contributed by atoms with Crippen LogP contribution in [0.5, 0.6) is 0 Å². The van der Waals surface area contributed by atoms with Crippen LogP contribution in [0.3, 0.4) is 0 Å². The number of aliphatic imine (C=N–C) groups is 1. The number of carbonyl (C=O) groups excluding carboxylic acids is 2. The van der Waals surface area contributed by atoms with Crippen LogP contribution < -0.4 is 0 Å². The summed E-state index contributed by atoms with van der Waals surface area (Å²) in [5.41, 5.74) is 7.28. The minimum atomic E-state index is -0.411. The Morgan fingerprint density at radius 1 is 0.750 bits per heavy atom. The van der Waals surface area contributed by atoms with E-state index in [1.165, 1.54) is 7.11 Å². The zero-order valence-electron chi connectivity index (χ0n) is 22.3. The van der Waals surface area contributed by atoms with E-state index in [-0.39, 0.29) is 5.97 Å². The molecular weight excluding hydrogens is 500 g/mol. The molecule has 5 rings (SSSR count). The number of aromatic nitrogens is 1. The molecule has 198 valence electrons. The summed E-state index contributed by atoms with van der Waals surface area (Å²) in [6, 6.07) is 36.8. The maximum atomic E-state index is 12.3. The van der Waals surface area contributed by atoms with Crippen LogP contribution >= 0.6 is 0 Å². The third-order valence-electron chi connectivity index (χ3n) is 6.40. The summed E-state index contributed by atoms with van der Waals surface area (Å²) >= 11 is 0. The summed E-state index contributed by atoms with van der Waals surface area (Å²) in [6.07, 6.45) is 1.81. The second-order valence-corrected chi connectivity index (χ2v) is 8.97. The maximum Gasteiger partial charge on any atom is 0.338 e. The summed E-state index contributed by atoms with van der Waals surface area (Å²) in [6.45, 7) is 2.11. The smallest absolute Gasteiger partial charge is 0.338 e. The standard InChI is InChI=1S/C34H28N2O4/c1-3-40-34(38)26-17-19-30(20-18-26)36-31(24-11-6-4-7-12-24)22-28(32(36)25-13-8-5-9-14-25)23-35-29-16-10-15-27(21-29)33(37)39-2/h4-23H,3H2,1-2H3. The van der Waals surface area contributed by atoms with E-state index in [1.54, 1.807) is 37.3 Å². The van der Waals surface area contributed by atoms with E-state index in [9.17, 15) is 9.59 Å². The van der Waals surface area contributed by atoms with Crippen LogP contribution in [-0.2, 0) is 9.47 Å². The lowest BCUT2D eigenvalue weighted by atomic mass is 10.1. The number of hydrogen-bond acceptors (Lipinski definition) is 5. The highest BCUT2D eigenvalue weighted by atomic mass is 16.5. The minimum Gasteiger partial charge on any atom is -0.465 e. The van der Waals surface area contributed by atoms with E-state index in [0.29, 0.717) is 23.4 Å². The van der Waals surface area contributed by atoms with Gasteiger partial charge in [-0.25, -0.2) is 9.59 Å². The lowest BCUT2D eigenvalue weighted by molar-refractivity contribution is 0.0525. The van der Waals surface area contributed by atoms with Gasteiger partial charge in [-0.05, 0) is 66.6 Å². The Kier molecular flexibility index (Phi) is 7.97. The van der Waals surface area contributed by atoms with Crippen LogP contribution in [0.2, 0.25) is 0 Å². The van der Waals surface area contributed by atoms with Gasteiger partial charge in [0.25, 0.3) is 0 Å². The van der Waals surface area contributed by atoms with Crippen molar-refractivity contribution in [2.75, 3.05) is 13.7 Å².